The van der Waals surface area contributed by atoms with Crippen LogP contribution in [0.4, 0.5) is 0 Å². The average Bonchev–Trinajstić information content (AvgIpc) is 3.56. The molecule has 1 aromatic carbocycles. The van der Waals surface area contributed by atoms with Crippen molar-refractivity contribution in [1.29, 1.82) is 0 Å². The lowest BCUT2D eigenvalue weighted by atomic mass is 9.97. The summed E-state index contributed by atoms with van der Waals surface area (Å²) in [5.41, 5.74) is 2.24. The molecule has 0 saturated carbocycles. The molecule has 1 aliphatic rings. The quantitative estimate of drug-likeness (QED) is 0.372. The molecule has 4 aromatic rings. The number of likely N-dealkylation sites (tertiary alicyclic amines) is 1. The molecule has 0 aliphatic carbocycles. The monoisotopic (exact) mass is 474 g/mol. The fraction of sp³-hybridized carbons (Fsp3) is 0.238. The molecule has 4 heterocycles. The van der Waals surface area contributed by atoms with Gasteiger partial charge in [-0.1, -0.05) is 39.6 Å². The van der Waals surface area contributed by atoms with Gasteiger partial charge in [-0.05, 0) is 25.0 Å². The standard InChI is InChI=1S/C21H16Cl2N4O3S/c22-14-2-1-13(9-15(14)23)16-10-19(30-26-16)17-11-31-20(25-17)12-4-7-27(8-5-12)21(28)18-3-6-24-29-18/h1-3,6,9-12H,4-5,7-8H2. The Bertz CT molecular complexity index is 1210. The molecule has 3 aromatic heterocycles. The van der Waals surface area contributed by atoms with Crippen LogP contribution in [0.15, 0.2) is 51.0 Å². The van der Waals surface area contributed by atoms with Crippen LogP contribution in [-0.2, 0) is 0 Å². The van der Waals surface area contributed by atoms with Gasteiger partial charge in [-0.25, -0.2) is 4.98 Å². The first-order chi connectivity index (χ1) is 15.1. The van der Waals surface area contributed by atoms with Gasteiger partial charge in [0.2, 0.25) is 5.76 Å². The highest BCUT2D eigenvalue weighted by Crippen LogP contribution is 2.35. The van der Waals surface area contributed by atoms with Crippen LogP contribution >= 0.6 is 34.5 Å². The third kappa shape index (κ3) is 4.11. The second kappa shape index (κ2) is 8.45. The Morgan fingerprint density at radius 3 is 2.65 bits per heavy atom. The van der Waals surface area contributed by atoms with E-state index in [-0.39, 0.29) is 11.7 Å². The summed E-state index contributed by atoms with van der Waals surface area (Å²) in [6, 6.07) is 8.76. The van der Waals surface area contributed by atoms with Crippen molar-refractivity contribution in [1.82, 2.24) is 20.2 Å². The third-order valence-corrected chi connectivity index (χ3v) is 7.03. The molecule has 10 heteroatoms. The van der Waals surface area contributed by atoms with Crippen LogP contribution in [0.3, 0.4) is 0 Å². The summed E-state index contributed by atoms with van der Waals surface area (Å²) in [6.07, 6.45) is 3.17. The molecule has 1 fully saturated rings. The van der Waals surface area contributed by atoms with E-state index in [9.17, 15) is 4.79 Å². The predicted octanol–water partition coefficient (Wildman–Crippen LogP) is 5.78. The Morgan fingerprint density at radius 1 is 1.06 bits per heavy atom. The minimum atomic E-state index is -0.118. The van der Waals surface area contributed by atoms with Crippen LogP contribution in [0.5, 0.6) is 0 Å². The van der Waals surface area contributed by atoms with Gasteiger partial charge in [0.05, 0.1) is 21.2 Å². The largest absolute Gasteiger partial charge is 0.354 e. The van der Waals surface area contributed by atoms with Crippen LogP contribution in [-0.4, -0.2) is 39.2 Å². The zero-order valence-electron chi connectivity index (χ0n) is 16.1. The number of halogens is 2. The molecule has 1 aliphatic heterocycles. The number of hydrogen-bond acceptors (Lipinski definition) is 7. The highest BCUT2D eigenvalue weighted by atomic mass is 35.5. The van der Waals surface area contributed by atoms with Crippen molar-refractivity contribution >= 4 is 40.4 Å². The number of nitrogens with zero attached hydrogens (tertiary/aromatic N) is 4. The molecule has 0 radical (unpaired) electrons. The average molecular weight is 475 g/mol. The number of thiazole rings is 1. The van der Waals surface area contributed by atoms with Crippen molar-refractivity contribution < 1.29 is 13.8 Å². The number of carbonyl (C=O) groups excluding carboxylic acids is 1. The van der Waals surface area contributed by atoms with Crippen LogP contribution in [0.1, 0.15) is 34.3 Å². The van der Waals surface area contributed by atoms with Gasteiger partial charge < -0.3 is 13.9 Å². The summed E-state index contributed by atoms with van der Waals surface area (Å²) in [5.74, 6) is 1.06. The molecule has 158 valence electrons. The molecule has 0 spiro atoms. The molecule has 7 nitrogen and oxygen atoms in total. The van der Waals surface area contributed by atoms with Crippen molar-refractivity contribution in [3.8, 4) is 22.7 Å². The van der Waals surface area contributed by atoms with Crippen LogP contribution < -0.4 is 0 Å². The molecule has 31 heavy (non-hydrogen) atoms. The topological polar surface area (TPSA) is 85.3 Å². The lowest BCUT2D eigenvalue weighted by molar-refractivity contribution is 0.0671. The highest BCUT2D eigenvalue weighted by Gasteiger charge is 2.28. The van der Waals surface area contributed by atoms with Gasteiger partial charge in [-0.3, -0.25) is 4.79 Å². The van der Waals surface area contributed by atoms with Gasteiger partial charge in [-0.2, -0.15) is 0 Å². The zero-order valence-corrected chi connectivity index (χ0v) is 18.5. The number of hydrogen-bond donors (Lipinski definition) is 0. The normalized spacial score (nSPS) is 14.8. The number of aromatic nitrogens is 3. The summed E-state index contributed by atoms with van der Waals surface area (Å²) in [4.78, 5) is 19.0. The Balaban J connectivity index is 1.26. The van der Waals surface area contributed by atoms with E-state index < -0.39 is 0 Å². The molecule has 0 bridgehead atoms. The van der Waals surface area contributed by atoms with Gasteiger partial charge in [0.25, 0.3) is 5.91 Å². The lowest BCUT2D eigenvalue weighted by Gasteiger charge is -2.30. The van der Waals surface area contributed by atoms with Crippen molar-refractivity contribution in [3.05, 3.63) is 62.7 Å². The Kier molecular flexibility index (Phi) is 5.52. The summed E-state index contributed by atoms with van der Waals surface area (Å²) >= 11 is 13.7. The predicted molar refractivity (Wildman–Crippen MR) is 117 cm³/mol. The minimum absolute atomic E-state index is 0.118. The maximum Gasteiger partial charge on any atom is 0.292 e. The fourth-order valence-electron chi connectivity index (χ4n) is 3.59. The molecule has 1 amide bonds. The number of benzene rings is 1. The van der Waals surface area contributed by atoms with Crippen LogP contribution in [0.25, 0.3) is 22.7 Å². The van der Waals surface area contributed by atoms with Crippen LogP contribution in [0.2, 0.25) is 10.0 Å². The second-order valence-corrected chi connectivity index (χ2v) is 8.92. The first kappa shape index (κ1) is 20.2. The molecule has 0 N–H and O–H groups in total. The minimum Gasteiger partial charge on any atom is -0.354 e. The lowest BCUT2D eigenvalue weighted by Crippen LogP contribution is -2.37. The first-order valence-corrected chi connectivity index (χ1v) is 11.3. The fourth-order valence-corrected chi connectivity index (χ4v) is 4.87. The second-order valence-electron chi connectivity index (χ2n) is 7.22. The maximum atomic E-state index is 12.4. The SMILES string of the molecule is O=C(c1ccno1)N1CCC(c2nc(-c3cc(-c4ccc(Cl)c(Cl)c4)no3)cs2)CC1. The molecular formula is C21H16Cl2N4O3S. The van der Waals surface area contributed by atoms with E-state index in [0.29, 0.717) is 40.5 Å². The first-order valence-electron chi connectivity index (χ1n) is 9.66. The van der Waals surface area contributed by atoms with Crippen molar-refractivity contribution in [3.63, 3.8) is 0 Å². The summed E-state index contributed by atoms with van der Waals surface area (Å²) in [6.45, 7) is 1.31. The van der Waals surface area contributed by atoms with Crippen LogP contribution in [0, 0.1) is 0 Å². The molecule has 5 rings (SSSR count). The van der Waals surface area contributed by atoms with Gasteiger partial charge in [0, 0.05) is 42.1 Å². The Labute approximate surface area is 191 Å². The van der Waals surface area contributed by atoms with E-state index in [1.807, 2.05) is 17.5 Å². The smallest absolute Gasteiger partial charge is 0.292 e. The van der Waals surface area contributed by atoms with Gasteiger partial charge in [0.15, 0.2) is 5.76 Å². The van der Waals surface area contributed by atoms with E-state index in [1.165, 1.54) is 6.20 Å². The van der Waals surface area contributed by atoms with E-state index in [0.717, 1.165) is 29.1 Å². The van der Waals surface area contributed by atoms with Crippen molar-refractivity contribution in [2.45, 2.75) is 18.8 Å². The number of amides is 1. The zero-order chi connectivity index (χ0) is 21.4. The molecular weight excluding hydrogens is 459 g/mol. The maximum absolute atomic E-state index is 12.4. The van der Waals surface area contributed by atoms with E-state index in [2.05, 4.69) is 10.3 Å². The summed E-state index contributed by atoms with van der Waals surface area (Å²) in [5, 5.41) is 11.7. The molecule has 1 saturated heterocycles. The summed E-state index contributed by atoms with van der Waals surface area (Å²) in [7, 11) is 0. The number of rotatable bonds is 4. The number of carbonyl (C=O) groups is 1. The van der Waals surface area contributed by atoms with E-state index >= 15 is 0 Å². The van der Waals surface area contributed by atoms with Gasteiger partial charge in [0.1, 0.15) is 11.4 Å². The Hall–Kier alpha value is -2.68. The highest BCUT2D eigenvalue weighted by molar-refractivity contribution is 7.10. The molecule has 0 unspecified atom stereocenters. The van der Waals surface area contributed by atoms with Gasteiger partial charge >= 0.3 is 0 Å². The summed E-state index contributed by atoms with van der Waals surface area (Å²) < 4.78 is 10.5. The van der Waals surface area contributed by atoms with E-state index in [1.54, 1.807) is 34.4 Å². The van der Waals surface area contributed by atoms with E-state index in [4.69, 9.17) is 37.2 Å². The molecule has 0 atom stereocenters. The number of piperidine rings is 1. The van der Waals surface area contributed by atoms with Crippen molar-refractivity contribution in [2.75, 3.05) is 13.1 Å². The third-order valence-electron chi connectivity index (χ3n) is 5.28. The van der Waals surface area contributed by atoms with Gasteiger partial charge in [-0.15, -0.1) is 11.3 Å². The van der Waals surface area contributed by atoms with Crippen molar-refractivity contribution in [2.24, 2.45) is 0 Å². The Morgan fingerprint density at radius 2 is 1.90 bits per heavy atom.